The molecule has 0 atom stereocenters. The first kappa shape index (κ1) is 39.2. The van der Waals surface area contributed by atoms with Crippen LogP contribution in [0.1, 0.15) is 74.8 Å². The zero-order valence-electron chi connectivity index (χ0n) is 29.8. The van der Waals surface area contributed by atoms with E-state index in [1.54, 1.807) is 57.3 Å². The molecule has 13 heteroatoms. The normalized spacial score (nSPS) is 12.2. The second-order valence-electron chi connectivity index (χ2n) is 14.3. The Balaban J connectivity index is 2.00. The molecule has 0 aromatic heterocycles. The molecule has 0 bridgehead atoms. The van der Waals surface area contributed by atoms with Gasteiger partial charge in [-0.1, -0.05) is 48.5 Å². The Morgan fingerprint density at radius 2 is 0.854 bits per heavy atom. The summed E-state index contributed by atoms with van der Waals surface area (Å²) in [5.74, 6) is -3.05. The molecular formula is C35H50N6O7. The van der Waals surface area contributed by atoms with Gasteiger partial charge in [-0.05, 0) is 86.9 Å². The van der Waals surface area contributed by atoms with Crippen LogP contribution in [-0.2, 0) is 35.3 Å². The van der Waals surface area contributed by atoms with Crippen LogP contribution < -0.4 is 31.5 Å². The average molecular weight is 667 g/mol. The third kappa shape index (κ3) is 10.5. The molecule has 0 radical (unpaired) electrons. The van der Waals surface area contributed by atoms with Gasteiger partial charge in [-0.3, -0.25) is 24.0 Å². The van der Waals surface area contributed by atoms with E-state index in [0.29, 0.717) is 5.69 Å². The van der Waals surface area contributed by atoms with E-state index in [2.05, 4.69) is 26.6 Å². The van der Waals surface area contributed by atoms with E-state index in [-0.39, 0.29) is 12.5 Å². The highest BCUT2D eigenvalue weighted by atomic mass is 16.5. The predicted octanol–water partition coefficient (Wildman–Crippen LogP) is 2.93. The zero-order valence-corrected chi connectivity index (χ0v) is 29.8. The molecule has 2 rings (SSSR count). The van der Waals surface area contributed by atoms with Gasteiger partial charge in [0.1, 0.15) is 34.3 Å². The number of anilines is 1. The Morgan fingerprint density at radius 1 is 0.521 bits per heavy atom. The van der Waals surface area contributed by atoms with Gasteiger partial charge in [0.05, 0.1) is 0 Å². The van der Waals surface area contributed by atoms with Crippen LogP contribution in [0.4, 0.5) is 10.5 Å². The highest BCUT2D eigenvalue weighted by Crippen LogP contribution is 2.19. The molecule has 262 valence electrons. The summed E-state index contributed by atoms with van der Waals surface area (Å²) in [4.78, 5) is 80.2. The second kappa shape index (κ2) is 14.9. The monoisotopic (exact) mass is 666 g/mol. The number of hydrogen-bond acceptors (Lipinski definition) is 7. The molecule has 0 aliphatic rings. The van der Waals surface area contributed by atoms with Crippen LogP contribution in [0.15, 0.2) is 60.7 Å². The van der Waals surface area contributed by atoms with E-state index in [1.165, 1.54) is 60.3 Å². The topological polar surface area (TPSA) is 175 Å². The van der Waals surface area contributed by atoms with Crippen LogP contribution in [0.3, 0.4) is 0 Å². The Kier molecular flexibility index (Phi) is 12.2. The highest BCUT2D eigenvalue weighted by molar-refractivity contribution is 6.03. The number of likely N-dealkylation sites (N-methyl/N-ethyl adjacent to an activating group) is 1. The van der Waals surface area contributed by atoms with E-state index >= 15 is 0 Å². The van der Waals surface area contributed by atoms with Gasteiger partial charge >= 0.3 is 6.09 Å². The standard InChI is InChI=1S/C35H50N6O7/c1-31(2,25(42)37-33(5,6)27(44)39-35(9,10)29(46)41(11)24-20-16-13-17-21-24)36-26(43)32(3,4)38-28(45)34(7,8)40-30(47)48-22-23-18-14-12-15-19-23/h12-21H,22H2,1-11H3,(H,36,43)(H,37,42)(H,38,45)(H,39,44)(H,40,47). The Bertz CT molecular complexity index is 1500. The number of carbonyl (C=O) groups is 6. The summed E-state index contributed by atoms with van der Waals surface area (Å²) in [5, 5.41) is 13.1. The molecule has 0 heterocycles. The van der Waals surface area contributed by atoms with Crippen molar-refractivity contribution in [1.29, 1.82) is 0 Å². The van der Waals surface area contributed by atoms with Crippen molar-refractivity contribution in [2.45, 2.75) is 104 Å². The van der Waals surface area contributed by atoms with Crippen LogP contribution in [-0.4, -0.2) is 70.4 Å². The number of para-hydroxylation sites is 1. The summed E-state index contributed by atoms with van der Waals surface area (Å²) < 4.78 is 5.21. The van der Waals surface area contributed by atoms with Crippen LogP contribution in [0.5, 0.6) is 0 Å². The predicted molar refractivity (Wildman–Crippen MR) is 183 cm³/mol. The number of nitrogens with zero attached hydrogens (tertiary/aromatic N) is 1. The van der Waals surface area contributed by atoms with Crippen molar-refractivity contribution in [2.75, 3.05) is 11.9 Å². The van der Waals surface area contributed by atoms with Gasteiger partial charge in [-0.15, -0.1) is 0 Å². The quantitative estimate of drug-likeness (QED) is 0.218. The minimum Gasteiger partial charge on any atom is -0.445 e. The zero-order chi connectivity index (χ0) is 36.7. The molecule has 13 nitrogen and oxygen atoms in total. The van der Waals surface area contributed by atoms with Crippen LogP contribution in [0.25, 0.3) is 0 Å². The molecule has 0 aliphatic carbocycles. The van der Waals surface area contributed by atoms with E-state index in [4.69, 9.17) is 4.74 Å². The van der Waals surface area contributed by atoms with Gasteiger partial charge in [-0.25, -0.2) is 4.79 Å². The molecule has 0 saturated heterocycles. The smallest absolute Gasteiger partial charge is 0.408 e. The minimum atomic E-state index is -1.54. The molecule has 6 amide bonds. The lowest BCUT2D eigenvalue weighted by Gasteiger charge is -2.37. The maximum absolute atomic E-state index is 13.4. The van der Waals surface area contributed by atoms with Crippen LogP contribution in [0, 0.1) is 0 Å². The van der Waals surface area contributed by atoms with Gasteiger partial charge in [-0.2, -0.15) is 0 Å². The molecule has 0 aliphatic heterocycles. The van der Waals surface area contributed by atoms with Crippen molar-refractivity contribution < 1.29 is 33.5 Å². The fraction of sp³-hybridized carbons (Fsp3) is 0.486. The first-order valence-corrected chi connectivity index (χ1v) is 15.5. The Labute approximate surface area is 282 Å². The first-order chi connectivity index (χ1) is 21.9. The molecule has 48 heavy (non-hydrogen) atoms. The summed E-state index contributed by atoms with van der Waals surface area (Å²) >= 11 is 0. The summed E-state index contributed by atoms with van der Waals surface area (Å²) in [6.07, 6.45) is -0.818. The number of alkyl carbamates (subject to hydrolysis) is 1. The summed E-state index contributed by atoms with van der Waals surface area (Å²) in [5.41, 5.74) is -5.91. The third-order valence-corrected chi connectivity index (χ3v) is 7.58. The van der Waals surface area contributed by atoms with Crippen molar-refractivity contribution in [3.05, 3.63) is 66.2 Å². The third-order valence-electron chi connectivity index (χ3n) is 7.58. The van der Waals surface area contributed by atoms with Crippen molar-refractivity contribution in [3.63, 3.8) is 0 Å². The van der Waals surface area contributed by atoms with Gasteiger partial charge in [0.15, 0.2) is 0 Å². The largest absolute Gasteiger partial charge is 0.445 e. The summed E-state index contributed by atoms with van der Waals surface area (Å²) in [7, 11) is 1.60. The number of carbonyl (C=O) groups excluding carboxylic acids is 6. The fourth-order valence-corrected chi connectivity index (χ4v) is 4.24. The molecule has 2 aromatic carbocycles. The maximum Gasteiger partial charge on any atom is 0.408 e. The average Bonchev–Trinajstić information content (AvgIpc) is 2.99. The number of hydrogen-bond donors (Lipinski definition) is 5. The number of rotatable bonds is 13. The number of nitrogens with one attached hydrogen (secondary N) is 5. The first-order valence-electron chi connectivity index (χ1n) is 15.5. The van der Waals surface area contributed by atoms with E-state index in [9.17, 15) is 28.8 Å². The van der Waals surface area contributed by atoms with Gasteiger partial charge in [0.2, 0.25) is 23.6 Å². The molecule has 0 unspecified atom stereocenters. The molecular weight excluding hydrogens is 616 g/mol. The molecule has 5 N–H and O–H groups in total. The fourth-order valence-electron chi connectivity index (χ4n) is 4.24. The van der Waals surface area contributed by atoms with Crippen molar-refractivity contribution in [3.8, 4) is 0 Å². The van der Waals surface area contributed by atoms with E-state index in [0.717, 1.165) is 5.56 Å². The maximum atomic E-state index is 13.4. The lowest BCUT2D eigenvalue weighted by Crippen LogP contribution is -2.68. The number of amides is 6. The number of ether oxygens (including phenoxy) is 1. The minimum absolute atomic E-state index is 0.00930. The van der Waals surface area contributed by atoms with Crippen molar-refractivity contribution >= 4 is 41.3 Å². The molecule has 0 saturated carbocycles. The Morgan fingerprint density at radius 3 is 1.25 bits per heavy atom. The van der Waals surface area contributed by atoms with Crippen molar-refractivity contribution in [1.82, 2.24) is 26.6 Å². The molecule has 0 fully saturated rings. The van der Waals surface area contributed by atoms with Gasteiger partial charge in [0.25, 0.3) is 5.91 Å². The lowest BCUT2D eigenvalue weighted by molar-refractivity contribution is -0.141. The van der Waals surface area contributed by atoms with E-state index in [1.807, 2.05) is 24.3 Å². The van der Waals surface area contributed by atoms with Crippen LogP contribution >= 0.6 is 0 Å². The second-order valence-corrected chi connectivity index (χ2v) is 14.3. The molecule has 2 aromatic rings. The number of benzene rings is 2. The lowest BCUT2D eigenvalue weighted by atomic mass is 9.94. The summed E-state index contributed by atoms with van der Waals surface area (Å²) in [6.45, 7) is 14.8. The van der Waals surface area contributed by atoms with Gasteiger partial charge < -0.3 is 36.2 Å². The Hall–Kier alpha value is -4.94. The van der Waals surface area contributed by atoms with Crippen molar-refractivity contribution in [2.24, 2.45) is 0 Å². The molecule has 0 spiro atoms. The SMILES string of the molecule is CN(C(=O)C(C)(C)NC(=O)C(C)(C)NC(=O)C(C)(C)NC(=O)C(C)(C)NC(=O)C(C)(C)NC(=O)OCc1ccccc1)c1ccccc1. The summed E-state index contributed by atoms with van der Waals surface area (Å²) in [6, 6.07) is 18.0. The van der Waals surface area contributed by atoms with Crippen LogP contribution in [0.2, 0.25) is 0 Å². The van der Waals surface area contributed by atoms with E-state index < -0.39 is 57.4 Å². The van der Waals surface area contributed by atoms with Gasteiger partial charge in [0, 0.05) is 12.7 Å². The highest BCUT2D eigenvalue weighted by Gasteiger charge is 2.43.